The maximum Gasteiger partial charge on any atom is 0.247 e. The van der Waals surface area contributed by atoms with Crippen LogP contribution in [0.3, 0.4) is 0 Å². The van der Waals surface area contributed by atoms with Crippen molar-refractivity contribution >= 4 is 17.1 Å². The van der Waals surface area contributed by atoms with Gasteiger partial charge in [0.1, 0.15) is 6.61 Å². The fourth-order valence-electron chi connectivity index (χ4n) is 3.55. The number of hydrogen-bond donors (Lipinski definition) is 3. The second kappa shape index (κ2) is 6.89. The summed E-state index contributed by atoms with van der Waals surface area (Å²) in [4.78, 5) is 12.9. The van der Waals surface area contributed by atoms with Crippen LogP contribution in [0, 0.1) is 11.8 Å². The van der Waals surface area contributed by atoms with Crippen molar-refractivity contribution in [1.82, 2.24) is 19.5 Å². The lowest BCUT2D eigenvalue weighted by Crippen LogP contribution is -2.42. The monoisotopic (exact) mass is 355 g/mol. The van der Waals surface area contributed by atoms with Crippen molar-refractivity contribution in [2.24, 2.45) is 11.8 Å². The molecular weight excluding hydrogens is 334 g/mol. The van der Waals surface area contributed by atoms with Gasteiger partial charge in [-0.3, -0.25) is 0 Å². The van der Waals surface area contributed by atoms with Gasteiger partial charge in [0.25, 0.3) is 0 Å². The maximum atomic E-state index is 9.62. The van der Waals surface area contributed by atoms with E-state index in [-0.39, 0.29) is 37.0 Å². The molecule has 4 rings (SSSR count). The molecule has 0 bridgehead atoms. The van der Waals surface area contributed by atoms with Gasteiger partial charge in [0.05, 0.1) is 6.33 Å². The fourth-order valence-corrected chi connectivity index (χ4v) is 3.55. The Morgan fingerprint density at radius 1 is 1.15 bits per heavy atom. The summed E-state index contributed by atoms with van der Waals surface area (Å²) >= 11 is 0. The van der Waals surface area contributed by atoms with Gasteiger partial charge in [-0.05, 0) is 17.9 Å². The van der Waals surface area contributed by atoms with Crippen LogP contribution in [0.25, 0.3) is 11.2 Å². The van der Waals surface area contributed by atoms with E-state index >= 15 is 0 Å². The summed E-state index contributed by atoms with van der Waals surface area (Å²) in [6.45, 7) is 0.430. The first-order valence-corrected chi connectivity index (χ1v) is 8.59. The van der Waals surface area contributed by atoms with E-state index in [0.717, 1.165) is 12.0 Å². The third kappa shape index (κ3) is 2.87. The number of rotatable bonds is 6. The standard InChI is InChI=1S/C18H21N5O3/c19-18-21-16-15(17(22-18)26-9-11-4-2-1-3-5-11)20-10-23(16)14-6-12(7-24)13(14)8-25/h1-5,10,12-14,24-25H,6-9H2,(H2,19,21,22). The van der Waals surface area contributed by atoms with E-state index in [1.807, 2.05) is 34.9 Å². The quantitative estimate of drug-likeness (QED) is 0.607. The average molecular weight is 355 g/mol. The van der Waals surface area contributed by atoms with E-state index in [1.54, 1.807) is 6.33 Å². The molecule has 3 atom stereocenters. The van der Waals surface area contributed by atoms with Crippen molar-refractivity contribution in [2.45, 2.75) is 19.1 Å². The lowest BCUT2D eigenvalue weighted by atomic mass is 9.70. The summed E-state index contributed by atoms with van der Waals surface area (Å²) < 4.78 is 7.73. The summed E-state index contributed by atoms with van der Waals surface area (Å²) in [6, 6.07) is 9.80. The predicted molar refractivity (Wildman–Crippen MR) is 95.3 cm³/mol. The minimum atomic E-state index is -0.0257. The number of hydrogen-bond acceptors (Lipinski definition) is 7. The first-order valence-electron chi connectivity index (χ1n) is 8.59. The number of aliphatic hydroxyl groups is 2. The van der Waals surface area contributed by atoms with Crippen LogP contribution < -0.4 is 10.5 Å². The Kier molecular flexibility index (Phi) is 4.44. The zero-order valence-corrected chi connectivity index (χ0v) is 14.2. The average Bonchev–Trinajstić information content (AvgIpc) is 3.04. The number of nitrogen functional groups attached to an aromatic ring is 1. The minimum Gasteiger partial charge on any atom is -0.471 e. The molecule has 2 heterocycles. The molecule has 136 valence electrons. The molecule has 1 aliphatic rings. The Hall–Kier alpha value is -2.71. The Morgan fingerprint density at radius 3 is 2.69 bits per heavy atom. The molecule has 8 heteroatoms. The Labute approximate surface area is 150 Å². The molecule has 4 N–H and O–H groups in total. The van der Waals surface area contributed by atoms with Crippen LogP contribution in [0.5, 0.6) is 5.88 Å². The lowest BCUT2D eigenvalue weighted by Gasteiger charge is -2.43. The number of ether oxygens (including phenoxy) is 1. The number of imidazole rings is 1. The van der Waals surface area contributed by atoms with Gasteiger partial charge >= 0.3 is 0 Å². The topological polar surface area (TPSA) is 119 Å². The van der Waals surface area contributed by atoms with Crippen LogP contribution in [0.2, 0.25) is 0 Å². The summed E-state index contributed by atoms with van der Waals surface area (Å²) in [5, 5.41) is 19.0. The highest BCUT2D eigenvalue weighted by atomic mass is 16.5. The second-order valence-electron chi connectivity index (χ2n) is 6.58. The molecule has 0 amide bonds. The van der Waals surface area contributed by atoms with Crippen molar-refractivity contribution in [2.75, 3.05) is 18.9 Å². The van der Waals surface area contributed by atoms with Crippen molar-refractivity contribution in [3.05, 3.63) is 42.2 Å². The summed E-state index contributed by atoms with van der Waals surface area (Å²) in [5.74, 6) is 0.521. The fraction of sp³-hybridized carbons (Fsp3) is 0.389. The highest BCUT2D eigenvalue weighted by molar-refractivity contribution is 5.77. The van der Waals surface area contributed by atoms with Gasteiger partial charge in [-0.25, -0.2) is 4.98 Å². The molecule has 3 unspecified atom stereocenters. The van der Waals surface area contributed by atoms with Crippen molar-refractivity contribution < 1.29 is 14.9 Å². The maximum absolute atomic E-state index is 9.62. The molecule has 1 saturated carbocycles. The van der Waals surface area contributed by atoms with E-state index in [1.165, 1.54) is 0 Å². The van der Waals surface area contributed by atoms with Gasteiger partial charge in [-0.15, -0.1) is 0 Å². The highest BCUT2D eigenvalue weighted by Crippen LogP contribution is 2.44. The molecule has 0 aliphatic heterocycles. The second-order valence-corrected chi connectivity index (χ2v) is 6.58. The molecular formula is C18H21N5O3. The van der Waals surface area contributed by atoms with Crippen LogP contribution in [0.1, 0.15) is 18.0 Å². The van der Waals surface area contributed by atoms with Crippen LogP contribution in [-0.4, -0.2) is 42.9 Å². The number of fused-ring (bicyclic) bond motifs is 1. The number of benzene rings is 1. The summed E-state index contributed by atoms with van der Waals surface area (Å²) in [5.41, 5.74) is 8.01. The van der Waals surface area contributed by atoms with Gasteiger partial charge in [0.15, 0.2) is 11.2 Å². The van der Waals surface area contributed by atoms with Crippen molar-refractivity contribution in [3.8, 4) is 5.88 Å². The molecule has 1 aromatic carbocycles. The summed E-state index contributed by atoms with van der Waals surface area (Å²) in [7, 11) is 0. The first-order chi connectivity index (χ1) is 12.7. The van der Waals surface area contributed by atoms with E-state index in [9.17, 15) is 10.2 Å². The third-order valence-electron chi connectivity index (χ3n) is 5.07. The molecule has 26 heavy (non-hydrogen) atoms. The number of nitrogens with two attached hydrogens (primary N) is 1. The minimum absolute atomic E-state index is 0.00744. The van der Waals surface area contributed by atoms with E-state index in [4.69, 9.17) is 10.5 Å². The van der Waals surface area contributed by atoms with E-state index in [2.05, 4.69) is 15.0 Å². The Morgan fingerprint density at radius 2 is 1.96 bits per heavy atom. The number of aliphatic hydroxyl groups excluding tert-OH is 2. The molecule has 3 aromatic rings. The zero-order valence-electron chi connectivity index (χ0n) is 14.2. The van der Waals surface area contributed by atoms with Crippen molar-refractivity contribution in [3.63, 3.8) is 0 Å². The lowest BCUT2D eigenvalue weighted by molar-refractivity contribution is -0.00528. The number of anilines is 1. The molecule has 0 saturated heterocycles. The normalized spacial score (nSPS) is 22.3. The molecule has 0 spiro atoms. The smallest absolute Gasteiger partial charge is 0.247 e. The van der Waals surface area contributed by atoms with Crippen LogP contribution in [0.15, 0.2) is 36.7 Å². The van der Waals surface area contributed by atoms with E-state index < -0.39 is 0 Å². The summed E-state index contributed by atoms with van der Waals surface area (Å²) in [6.07, 6.45) is 2.44. The number of aromatic nitrogens is 4. The van der Waals surface area contributed by atoms with Crippen LogP contribution in [-0.2, 0) is 6.61 Å². The Balaban J connectivity index is 1.63. The van der Waals surface area contributed by atoms with Gasteiger partial charge in [-0.2, -0.15) is 9.97 Å². The molecule has 1 fully saturated rings. The zero-order chi connectivity index (χ0) is 18.1. The van der Waals surface area contributed by atoms with Gasteiger partial charge in [0.2, 0.25) is 11.8 Å². The largest absolute Gasteiger partial charge is 0.471 e. The predicted octanol–water partition coefficient (Wildman–Crippen LogP) is 1.15. The van der Waals surface area contributed by atoms with Gasteiger partial charge in [-0.1, -0.05) is 30.3 Å². The number of nitrogens with zero attached hydrogens (tertiary/aromatic N) is 4. The Bertz CT molecular complexity index is 898. The molecule has 2 aromatic heterocycles. The van der Waals surface area contributed by atoms with Crippen molar-refractivity contribution in [1.29, 1.82) is 0 Å². The molecule has 0 radical (unpaired) electrons. The van der Waals surface area contributed by atoms with E-state index in [0.29, 0.717) is 23.7 Å². The van der Waals surface area contributed by atoms with Gasteiger partial charge in [0, 0.05) is 25.2 Å². The molecule has 1 aliphatic carbocycles. The molecule has 8 nitrogen and oxygen atoms in total. The third-order valence-corrected chi connectivity index (χ3v) is 5.07. The highest BCUT2D eigenvalue weighted by Gasteiger charge is 2.42. The van der Waals surface area contributed by atoms with Crippen LogP contribution >= 0.6 is 0 Å². The first kappa shape index (κ1) is 16.7. The van der Waals surface area contributed by atoms with Crippen LogP contribution in [0.4, 0.5) is 5.95 Å². The SMILES string of the molecule is Nc1nc(OCc2ccccc2)c2ncn(C3CC(CO)C3CO)c2n1. The van der Waals surface area contributed by atoms with Gasteiger partial charge < -0.3 is 25.3 Å².